The Labute approximate surface area is 103 Å². The van der Waals surface area contributed by atoms with Crippen molar-refractivity contribution in [1.29, 1.82) is 0 Å². The highest BCUT2D eigenvalue weighted by molar-refractivity contribution is 7.98. The molecule has 0 spiro atoms. The van der Waals surface area contributed by atoms with E-state index in [1.807, 2.05) is 4.68 Å². The summed E-state index contributed by atoms with van der Waals surface area (Å²) in [4.78, 5) is 4.19. The molecule has 0 radical (unpaired) electrons. The summed E-state index contributed by atoms with van der Waals surface area (Å²) in [6, 6.07) is 0. The Morgan fingerprint density at radius 2 is 2.35 bits per heavy atom. The lowest BCUT2D eigenvalue weighted by Gasteiger charge is -2.01. The van der Waals surface area contributed by atoms with E-state index < -0.39 is 0 Å². The second kappa shape index (κ2) is 5.78. The maximum Gasteiger partial charge on any atom is 0.277 e. The lowest BCUT2D eigenvalue weighted by molar-refractivity contribution is 0.414. The first-order chi connectivity index (χ1) is 8.33. The van der Waals surface area contributed by atoms with Crippen molar-refractivity contribution < 1.29 is 4.42 Å². The van der Waals surface area contributed by atoms with E-state index in [1.165, 1.54) is 11.8 Å². The Balaban J connectivity index is 1.94. The van der Waals surface area contributed by atoms with Gasteiger partial charge in [-0.15, -0.1) is 10.2 Å². The van der Waals surface area contributed by atoms with Gasteiger partial charge >= 0.3 is 0 Å². The molecule has 0 saturated heterocycles. The molecule has 0 unspecified atom stereocenters. The summed E-state index contributed by atoms with van der Waals surface area (Å²) in [6.45, 7) is 3.23. The monoisotopic (exact) mass is 254 g/mol. The summed E-state index contributed by atoms with van der Waals surface area (Å²) >= 11 is 1.44. The molecule has 2 N–H and O–H groups in total. The predicted molar refractivity (Wildman–Crippen MR) is 62.1 cm³/mol. The fourth-order valence-electron chi connectivity index (χ4n) is 1.30. The van der Waals surface area contributed by atoms with Crippen molar-refractivity contribution in [2.24, 2.45) is 5.73 Å². The number of nitrogens with zero attached hydrogens (tertiary/aromatic N) is 5. The molecule has 2 aromatic heterocycles. The zero-order valence-electron chi connectivity index (χ0n) is 9.54. The Morgan fingerprint density at radius 3 is 3.06 bits per heavy atom. The van der Waals surface area contributed by atoms with Crippen molar-refractivity contribution in [3.63, 3.8) is 0 Å². The molecule has 0 aliphatic rings. The molecule has 0 saturated carbocycles. The summed E-state index contributed by atoms with van der Waals surface area (Å²) in [5.41, 5.74) is 5.39. The smallest absolute Gasteiger partial charge is 0.277 e. The highest BCUT2D eigenvalue weighted by Crippen LogP contribution is 2.20. The van der Waals surface area contributed by atoms with Crippen LogP contribution in [-0.4, -0.2) is 25.0 Å². The van der Waals surface area contributed by atoms with E-state index in [1.54, 1.807) is 6.33 Å². The van der Waals surface area contributed by atoms with E-state index in [-0.39, 0.29) is 6.54 Å². The summed E-state index contributed by atoms with van der Waals surface area (Å²) in [5, 5.41) is 12.3. The Hall–Kier alpha value is -1.41. The molecule has 0 aliphatic carbocycles. The average molecular weight is 254 g/mol. The zero-order valence-corrected chi connectivity index (χ0v) is 10.4. The minimum Gasteiger partial charge on any atom is -0.415 e. The Bertz CT molecular complexity index is 468. The highest BCUT2D eigenvalue weighted by Gasteiger charge is 2.09. The molecular formula is C9H14N6OS. The number of aromatic nitrogens is 5. The third kappa shape index (κ3) is 3.04. The second-order valence-electron chi connectivity index (χ2n) is 3.35. The number of hydrogen-bond donors (Lipinski definition) is 1. The summed E-state index contributed by atoms with van der Waals surface area (Å²) < 4.78 is 7.17. The quantitative estimate of drug-likeness (QED) is 0.762. The lowest BCUT2D eigenvalue weighted by atomic mass is 10.5. The van der Waals surface area contributed by atoms with E-state index in [2.05, 4.69) is 27.2 Å². The van der Waals surface area contributed by atoms with Gasteiger partial charge in [-0.05, 0) is 6.42 Å². The van der Waals surface area contributed by atoms with Gasteiger partial charge < -0.3 is 10.2 Å². The zero-order chi connectivity index (χ0) is 12.1. The first kappa shape index (κ1) is 12.1. The van der Waals surface area contributed by atoms with Gasteiger partial charge in [0.05, 0.1) is 12.3 Å². The van der Waals surface area contributed by atoms with Gasteiger partial charge in [0, 0.05) is 6.54 Å². The van der Waals surface area contributed by atoms with E-state index in [0.717, 1.165) is 18.8 Å². The molecule has 0 bridgehead atoms. The molecule has 17 heavy (non-hydrogen) atoms. The van der Waals surface area contributed by atoms with Crippen molar-refractivity contribution in [3.8, 4) is 0 Å². The van der Waals surface area contributed by atoms with E-state index in [0.29, 0.717) is 16.9 Å². The van der Waals surface area contributed by atoms with E-state index >= 15 is 0 Å². The molecule has 8 heteroatoms. The molecule has 2 heterocycles. The SMILES string of the molecule is CCCn1ncnc1CSc1nnc(CN)o1. The summed E-state index contributed by atoms with van der Waals surface area (Å²) in [6.07, 6.45) is 2.59. The van der Waals surface area contributed by atoms with Crippen LogP contribution in [0.15, 0.2) is 16.0 Å². The fourth-order valence-corrected chi connectivity index (χ4v) is 2.03. The van der Waals surface area contributed by atoms with Gasteiger partial charge in [0.15, 0.2) is 0 Å². The molecule has 0 amide bonds. The van der Waals surface area contributed by atoms with E-state index in [4.69, 9.17) is 10.2 Å². The topological polar surface area (TPSA) is 95.7 Å². The van der Waals surface area contributed by atoms with Gasteiger partial charge in [0.1, 0.15) is 12.2 Å². The van der Waals surface area contributed by atoms with Crippen LogP contribution in [0.25, 0.3) is 0 Å². The molecule has 0 atom stereocenters. The highest BCUT2D eigenvalue weighted by atomic mass is 32.2. The van der Waals surface area contributed by atoms with Crippen molar-refractivity contribution in [2.75, 3.05) is 0 Å². The largest absolute Gasteiger partial charge is 0.415 e. The number of rotatable bonds is 6. The van der Waals surface area contributed by atoms with Crippen LogP contribution in [0.5, 0.6) is 0 Å². The third-order valence-corrected chi connectivity index (χ3v) is 2.89. The van der Waals surface area contributed by atoms with Crippen molar-refractivity contribution in [2.45, 2.75) is 37.4 Å². The maximum absolute atomic E-state index is 5.39. The van der Waals surface area contributed by atoms with E-state index in [9.17, 15) is 0 Å². The van der Waals surface area contributed by atoms with Gasteiger partial charge in [0.25, 0.3) is 5.22 Å². The first-order valence-corrected chi connectivity index (χ1v) is 6.34. The molecule has 2 rings (SSSR count). The van der Waals surface area contributed by atoms with Gasteiger partial charge in [-0.25, -0.2) is 9.67 Å². The fraction of sp³-hybridized carbons (Fsp3) is 0.556. The van der Waals surface area contributed by atoms with Crippen LogP contribution in [-0.2, 0) is 18.8 Å². The Morgan fingerprint density at radius 1 is 1.47 bits per heavy atom. The van der Waals surface area contributed by atoms with Gasteiger partial charge in [-0.1, -0.05) is 18.7 Å². The van der Waals surface area contributed by atoms with Crippen molar-refractivity contribution in [3.05, 3.63) is 18.0 Å². The van der Waals surface area contributed by atoms with Crippen LogP contribution in [0, 0.1) is 0 Å². The van der Waals surface area contributed by atoms with Crippen LogP contribution in [0.2, 0.25) is 0 Å². The number of aryl methyl sites for hydroxylation is 1. The minimum atomic E-state index is 0.263. The van der Waals surface area contributed by atoms with Crippen LogP contribution >= 0.6 is 11.8 Å². The van der Waals surface area contributed by atoms with Crippen LogP contribution in [0.4, 0.5) is 0 Å². The Kier molecular flexibility index (Phi) is 4.10. The molecule has 0 aliphatic heterocycles. The van der Waals surface area contributed by atoms with Crippen LogP contribution in [0.3, 0.4) is 0 Å². The molecule has 2 aromatic rings. The van der Waals surface area contributed by atoms with Gasteiger partial charge in [-0.2, -0.15) is 5.10 Å². The number of nitrogens with two attached hydrogens (primary N) is 1. The van der Waals surface area contributed by atoms with Gasteiger partial charge in [-0.3, -0.25) is 0 Å². The third-order valence-electron chi connectivity index (χ3n) is 2.08. The summed E-state index contributed by atoms with van der Waals surface area (Å²) in [5.74, 6) is 2.01. The number of thioether (sulfide) groups is 1. The predicted octanol–water partition coefficient (Wildman–Crippen LogP) is 0.822. The molecular weight excluding hydrogens is 240 g/mol. The minimum absolute atomic E-state index is 0.263. The molecule has 0 fully saturated rings. The molecule has 0 aromatic carbocycles. The normalized spacial score (nSPS) is 10.9. The van der Waals surface area contributed by atoms with Crippen molar-refractivity contribution in [1.82, 2.24) is 25.0 Å². The molecule has 92 valence electrons. The number of hydrogen-bond acceptors (Lipinski definition) is 7. The van der Waals surface area contributed by atoms with Crippen molar-refractivity contribution >= 4 is 11.8 Å². The van der Waals surface area contributed by atoms with Crippen LogP contribution in [0.1, 0.15) is 25.1 Å². The lowest BCUT2D eigenvalue weighted by Crippen LogP contribution is -2.04. The summed E-state index contributed by atoms with van der Waals surface area (Å²) in [7, 11) is 0. The average Bonchev–Trinajstić information content (AvgIpc) is 2.95. The van der Waals surface area contributed by atoms with Gasteiger partial charge in [0.2, 0.25) is 5.89 Å². The first-order valence-electron chi connectivity index (χ1n) is 5.35. The second-order valence-corrected chi connectivity index (χ2v) is 4.28. The standard InChI is InChI=1S/C9H14N6OS/c1-2-3-15-7(11-6-12-15)5-17-9-14-13-8(4-10)16-9/h6H,2-5,10H2,1H3. The maximum atomic E-state index is 5.39. The van der Waals surface area contributed by atoms with Crippen LogP contribution < -0.4 is 5.73 Å². The molecule has 7 nitrogen and oxygen atoms in total.